The van der Waals surface area contributed by atoms with E-state index in [1.807, 2.05) is 18.2 Å². The molecule has 1 aromatic carbocycles. The van der Waals surface area contributed by atoms with Gasteiger partial charge in [0.05, 0.1) is 6.42 Å². The molecule has 0 aliphatic heterocycles. The quantitative estimate of drug-likeness (QED) is 0.877. The average molecular weight is 296 g/mol. The van der Waals surface area contributed by atoms with Crippen LogP contribution in [0.2, 0.25) is 5.02 Å². The third-order valence-corrected chi connectivity index (χ3v) is 4.54. The van der Waals surface area contributed by atoms with E-state index in [0.29, 0.717) is 29.8 Å². The van der Waals surface area contributed by atoms with Crippen molar-refractivity contribution in [2.45, 2.75) is 32.1 Å². The standard InChI is InChI=1S/C16H22ClNO2/c17-15-8-4-3-5-12(15)9-16(20)18-10-13-6-1-2-7-14(13)11-19/h3-5,8,13-14,19H,1-2,6-7,9-11H2,(H,18,20). The molecule has 2 unspecified atom stereocenters. The summed E-state index contributed by atoms with van der Waals surface area (Å²) in [5.74, 6) is 0.744. The molecule has 2 rings (SSSR count). The maximum absolute atomic E-state index is 12.0. The normalized spacial score (nSPS) is 22.5. The number of aliphatic hydroxyl groups excluding tert-OH is 1. The van der Waals surface area contributed by atoms with Crippen molar-refractivity contribution in [1.82, 2.24) is 5.32 Å². The highest BCUT2D eigenvalue weighted by atomic mass is 35.5. The number of amides is 1. The molecule has 0 saturated heterocycles. The fourth-order valence-electron chi connectivity index (χ4n) is 2.92. The second-order valence-corrected chi connectivity index (χ2v) is 5.97. The van der Waals surface area contributed by atoms with Crippen molar-refractivity contribution in [3.05, 3.63) is 34.9 Å². The van der Waals surface area contributed by atoms with Crippen LogP contribution in [-0.2, 0) is 11.2 Å². The molecule has 0 bridgehead atoms. The minimum absolute atomic E-state index is 0.000336. The number of hydrogen-bond donors (Lipinski definition) is 2. The van der Waals surface area contributed by atoms with Gasteiger partial charge in [-0.1, -0.05) is 42.6 Å². The second kappa shape index (κ2) is 7.65. The lowest BCUT2D eigenvalue weighted by Gasteiger charge is -2.30. The van der Waals surface area contributed by atoms with E-state index in [2.05, 4.69) is 5.32 Å². The topological polar surface area (TPSA) is 49.3 Å². The summed E-state index contributed by atoms with van der Waals surface area (Å²) in [6.45, 7) is 0.888. The molecule has 0 aromatic heterocycles. The van der Waals surface area contributed by atoms with Gasteiger partial charge in [0.15, 0.2) is 0 Å². The third-order valence-electron chi connectivity index (χ3n) is 4.17. The lowest BCUT2D eigenvalue weighted by Crippen LogP contribution is -2.36. The van der Waals surface area contributed by atoms with Gasteiger partial charge in [-0.2, -0.15) is 0 Å². The largest absolute Gasteiger partial charge is 0.396 e. The van der Waals surface area contributed by atoms with Crippen LogP contribution in [0, 0.1) is 11.8 Å². The van der Waals surface area contributed by atoms with Gasteiger partial charge in [0.2, 0.25) is 5.91 Å². The van der Waals surface area contributed by atoms with Gasteiger partial charge in [-0.15, -0.1) is 0 Å². The Labute approximate surface area is 125 Å². The Bertz CT molecular complexity index is 450. The van der Waals surface area contributed by atoms with Gasteiger partial charge in [0.1, 0.15) is 0 Å². The molecule has 1 aromatic rings. The maximum atomic E-state index is 12.0. The molecule has 1 fully saturated rings. The van der Waals surface area contributed by atoms with Gasteiger partial charge in [-0.3, -0.25) is 4.79 Å². The molecular formula is C16H22ClNO2. The first kappa shape index (κ1) is 15.3. The zero-order valence-electron chi connectivity index (χ0n) is 11.6. The van der Waals surface area contributed by atoms with Crippen molar-refractivity contribution in [2.24, 2.45) is 11.8 Å². The predicted octanol–water partition coefficient (Wildman–Crippen LogP) is 2.80. The SMILES string of the molecule is O=C(Cc1ccccc1Cl)NCC1CCCCC1CO. The van der Waals surface area contributed by atoms with Crippen LogP contribution in [0.25, 0.3) is 0 Å². The molecule has 0 spiro atoms. The van der Waals surface area contributed by atoms with E-state index in [4.69, 9.17) is 11.6 Å². The second-order valence-electron chi connectivity index (χ2n) is 5.56. The van der Waals surface area contributed by atoms with E-state index in [1.54, 1.807) is 6.07 Å². The van der Waals surface area contributed by atoms with Crippen molar-refractivity contribution in [3.63, 3.8) is 0 Å². The molecule has 1 aliphatic rings. The summed E-state index contributed by atoms with van der Waals surface area (Å²) >= 11 is 6.05. The number of carbonyl (C=O) groups is 1. The summed E-state index contributed by atoms with van der Waals surface area (Å²) in [5.41, 5.74) is 0.856. The first-order valence-electron chi connectivity index (χ1n) is 7.31. The molecular weight excluding hydrogens is 274 g/mol. The van der Waals surface area contributed by atoms with Crippen molar-refractivity contribution in [3.8, 4) is 0 Å². The van der Waals surface area contributed by atoms with Gasteiger partial charge in [-0.05, 0) is 36.3 Å². The Morgan fingerprint density at radius 3 is 2.65 bits per heavy atom. The summed E-state index contributed by atoms with van der Waals surface area (Å²) in [5, 5.41) is 13.0. The third kappa shape index (κ3) is 4.22. The lowest BCUT2D eigenvalue weighted by atomic mass is 9.79. The summed E-state index contributed by atoms with van der Waals surface area (Å²) < 4.78 is 0. The molecule has 1 saturated carbocycles. The summed E-state index contributed by atoms with van der Waals surface area (Å²) in [6.07, 6.45) is 4.87. The molecule has 0 radical (unpaired) electrons. The summed E-state index contributed by atoms with van der Waals surface area (Å²) in [6, 6.07) is 7.42. The van der Waals surface area contributed by atoms with E-state index >= 15 is 0 Å². The van der Waals surface area contributed by atoms with Crippen LogP contribution in [0.4, 0.5) is 0 Å². The van der Waals surface area contributed by atoms with Gasteiger partial charge >= 0.3 is 0 Å². The molecule has 1 aliphatic carbocycles. The van der Waals surface area contributed by atoms with E-state index < -0.39 is 0 Å². The predicted molar refractivity (Wildman–Crippen MR) is 80.7 cm³/mol. The zero-order chi connectivity index (χ0) is 14.4. The number of benzene rings is 1. The van der Waals surface area contributed by atoms with Crippen LogP contribution in [0.3, 0.4) is 0 Å². The zero-order valence-corrected chi connectivity index (χ0v) is 12.4. The Hall–Kier alpha value is -1.06. The maximum Gasteiger partial charge on any atom is 0.224 e. The molecule has 2 atom stereocenters. The molecule has 0 heterocycles. The van der Waals surface area contributed by atoms with Crippen molar-refractivity contribution >= 4 is 17.5 Å². The van der Waals surface area contributed by atoms with Gasteiger partial charge in [0.25, 0.3) is 0 Å². The van der Waals surface area contributed by atoms with Gasteiger partial charge in [-0.25, -0.2) is 0 Å². The molecule has 3 nitrogen and oxygen atoms in total. The number of rotatable bonds is 5. The first-order valence-corrected chi connectivity index (χ1v) is 7.69. The molecule has 110 valence electrons. The van der Waals surface area contributed by atoms with Crippen LogP contribution < -0.4 is 5.32 Å². The molecule has 2 N–H and O–H groups in total. The summed E-state index contributed by atoms with van der Waals surface area (Å²) in [4.78, 5) is 12.0. The highest BCUT2D eigenvalue weighted by Gasteiger charge is 2.24. The van der Waals surface area contributed by atoms with Crippen LogP contribution in [0.1, 0.15) is 31.2 Å². The van der Waals surface area contributed by atoms with Crippen LogP contribution in [0.15, 0.2) is 24.3 Å². The minimum atomic E-state index is 0.000336. The van der Waals surface area contributed by atoms with Gasteiger partial charge in [0, 0.05) is 18.2 Å². The van der Waals surface area contributed by atoms with E-state index in [9.17, 15) is 9.90 Å². The fraction of sp³-hybridized carbons (Fsp3) is 0.562. The minimum Gasteiger partial charge on any atom is -0.396 e. The van der Waals surface area contributed by atoms with Crippen molar-refractivity contribution in [2.75, 3.05) is 13.2 Å². The van der Waals surface area contributed by atoms with E-state index in [0.717, 1.165) is 18.4 Å². The van der Waals surface area contributed by atoms with Crippen molar-refractivity contribution in [1.29, 1.82) is 0 Å². The number of nitrogens with one attached hydrogen (secondary N) is 1. The van der Waals surface area contributed by atoms with Crippen LogP contribution >= 0.6 is 11.6 Å². The Morgan fingerprint density at radius 1 is 1.25 bits per heavy atom. The molecule has 20 heavy (non-hydrogen) atoms. The number of hydrogen-bond acceptors (Lipinski definition) is 2. The monoisotopic (exact) mass is 295 g/mol. The average Bonchev–Trinajstić information content (AvgIpc) is 2.48. The van der Waals surface area contributed by atoms with Gasteiger partial charge < -0.3 is 10.4 Å². The van der Waals surface area contributed by atoms with E-state index in [1.165, 1.54) is 12.8 Å². The van der Waals surface area contributed by atoms with Crippen LogP contribution in [-0.4, -0.2) is 24.2 Å². The highest BCUT2D eigenvalue weighted by molar-refractivity contribution is 6.31. The number of aliphatic hydroxyl groups is 1. The number of halogens is 1. The Balaban J connectivity index is 1.81. The lowest BCUT2D eigenvalue weighted by molar-refractivity contribution is -0.120. The molecule has 1 amide bonds. The van der Waals surface area contributed by atoms with Crippen LogP contribution in [0.5, 0.6) is 0 Å². The van der Waals surface area contributed by atoms with E-state index in [-0.39, 0.29) is 12.5 Å². The van der Waals surface area contributed by atoms with Crippen molar-refractivity contribution < 1.29 is 9.90 Å². The number of carbonyl (C=O) groups excluding carboxylic acids is 1. The summed E-state index contributed by atoms with van der Waals surface area (Å²) in [7, 11) is 0. The Kier molecular flexibility index (Phi) is 5.86. The highest BCUT2D eigenvalue weighted by Crippen LogP contribution is 2.29. The smallest absolute Gasteiger partial charge is 0.224 e. The fourth-order valence-corrected chi connectivity index (χ4v) is 3.12. The Morgan fingerprint density at radius 2 is 1.95 bits per heavy atom. The first-order chi connectivity index (χ1) is 9.70. The molecule has 4 heteroatoms.